The van der Waals surface area contributed by atoms with Gasteiger partial charge < -0.3 is 0 Å². The molecule has 23 heavy (non-hydrogen) atoms. The number of hydrogen-bond acceptors (Lipinski definition) is 2. The zero-order valence-electron chi connectivity index (χ0n) is 12.5. The van der Waals surface area contributed by atoms with E-state index in [1.54, 1.807) is 0 Å². The van der Waals surface area contributed by atoms with Crippen molar-refractivity contribution in [2.24, 2.45) is 0 Å². The summed E-state index contributed by atoms with van der Waals surface area (Å²) in [5, 5.41) is 0. The van der Waals surface area contributed by atoms with Crippen LogP contribution in [0.3, 0.4) is 0 Å². The van der Waals surface area contributed by atoms with E-state index in [4.69, 9.17) is 0 Å². The molecule has 0 amide bonds. The predicted molar refractivity (Wildman–Crippen MR) is 85.5 cm³/mol. The molecule has 0 radical (unpaired) electrons. The minimum absolute atomic E-state index is 0.0476. The third kappa shape index (κ3) is 4.24. The Bertz CT molecular complexity index is 776. The van der Waals surface area contributed by atoms with Crippen LogP contribution in [0, 0.1) is 11.6 Å². The van der Waals surface area contributed by atoms with Crippen molar-refractivity contribution < 1.29 is 17.2 Å². The Kier molecular flexibility index (Phi) is 5.63. The van der Waals surface area contributed by atoms with Crippen LogP contribution in [0.4, 0.5) is 8.78 Å². The lowest BCUT2D eigenvalue weighted by atomic mass is 10.1. The Balaban J connectivity index is 2.26. The van der Waals surface area contributed by atoms with Gasteiger partial charge in [0.15, 0.2) is 0 Å². The van der Waals surface area contributed by atoms with Crippen LogP contribution in [0.25, 0.3) is 0 Å². The van der Waals surface area contributed by atoms with Crippen LogP contribution in [0.15, 0.2) is 66.1 Å². The molecule has 122 valence electrons. The van der Waals surface area contributed by atoms with Crippen LogP contribution in [-0.4, -0.2) is 25.8 Å². The molecule has 0 fully saturated rings. The molecule has 0 bridgehead atoms. The number of rotatable bonds is 7. The van der Waals surface area contributed by atoms with Crippen molar-refractivity contribution in [3.63, 3.8) is 0 Å². The first kappa shape index (κ1) is 17.3. The average molecular weight is 337 g/mol. The smallest absolute Gasteiger partial charge is 0.207 e. The molecule has 0 aliphatic carbocycles. The maximum Gasteiger partial charge on any atom is 0.246 e. The lowest BCUT2D eigenvalue weighted by Gasteiger charge is -2.21. The summed E-state index contributed by atoms with van der Waals surface area (Å²) in [4.78, 5) is -0.534. The van der Waals surface area contributed by atoms with Gasteiger partial charge in [-0.05, 0) is 24.1 Å². The Morgan fingerprint density at radius 1 is 1.09 bits per heavy atom. The highest BCUT2D eigenvalue weighted by Gasteiger charge is 2.26. The lowest BCUT2D eigenvalue weighted by molar-refractivity contribution is 0.439. The summed E-state index contributed by atoms with van der Waals surface area (Å²) in [6, 6.07) is 11.8. The number of benzene rings is 2. The van der Waals surface area contributed by atoms with Crippen molar-refractivity contribution in [2.75, 3.05) is 13.1 Å². The third-order valence-corrected chi connectivity index (χ3v) is 5.24. The molecule has 2 aromatic rings. The predicted octanol–water partition coefficient (Wildman–Crippen LogP) is 3.38. The van der Waals surface area contributed by atoms with Crippen LogP contribution < -0.4 is 0 Å². The first-order valence-corrected chi connectivity index (χ1v) is 8.49. The molecule has 0 spiro atoms. The van der Waals surface area contributed by atoms with E-state index in [9.17, 15) is 17.2 Å². The van der Waals surface area contributed by atoms with Crippen LogP contribution in [-0.2, 0) is 16.4 Å². The van der Waals surface area contributed by atoms with Crippen molar-refractivity contribution in [2.45, 2.75) is 11.3 Å². The average Bonchev–Trinajstić information content (AvgIpc) is 2.52. The first-order valence-electron chi connectivity index (χ1n) is 7.05. The van der Waals surface area contributed by atoms with E-state index < -0.39 is 26.6 Å². The second kappa shape index (κ2) is 7.48. The molecule has 0 saturated heterocycles. The van der Waals surface area contributed by atoms with Crippen LogP contribution >= 0.6 is 0 Å². The van der Waals surface area contributed by atoms with Gasteiger partial charge in [-0.1, -0.05) is 36.4 Å². The number of hydrogen-bond donors (Lipinski definition) is 0. The van der Waals surface area contributed by atoms with Gasteiger partial charge in [-0.15, -0.1) is 6.58 Å². The van der Waals surface area contributed by atoms with Crippen molar-refractivity contribution in [3.05, 3.63) is 78.4 Å². The molecular formula is C17H17F2NO2S. The van der Waals surface area contributed by atoms with Gasteiger partial charge in [0.2, 0.25) is 10.0 Å². The van der Waals surface area contributed by atoms with Gasteiger partial charge in [-0.3, -0.25) is 0 Å². The highest BCUT2D eigenvalue weighted by Crippen LogP contribution is 2.20. The Morgan fingerprint density at radius 2 is 1.78 bits per heavy atom. The molecule has 2 rings (SSSR count). The van der Waals surface area contributed by atoms with Crippen LogP contribution in [0.1, 0.15) is 5.56 Å². The summed E-state index contributed by atoms with van der Waals surface area (Å²) in [5.41, 5.74) is 0.969. The van der Waals surface area contributed by atoms with E-state index in [1.807, 2.05) is 30.3 Å². The van der Waals surface area contributed by atoms with Crippen LogP contribution in [0.5, 0.6) is 0 Å². The highest BCUT2D eigenvalue weighted by atomic mass is 32.2. The fourth-order valence-electron chi connectivity index (χ4n) is 2.18. The standard InChI is InChI=1S/C17H17F2NO2S/c1-2-11-20(12-10-14-6-4-3-5-7-14)23(21,22)17-9-8-15(18)13-16(17)19/h2-9,13H,1,10-12H2. The molecule has 0 heterocycles. The Labute approximate surface area is 134 Å². The number of sulfonamides is 1. The molecule has 2 aromatic carbocycles. The normalized spacial score (nSPS) is 11.6. The van der Waals surface area contributed by atoms with Gasteiger partial charge in [0, 0.05) is 19.2 Å². The van der Waals surface area contributed by atoms with Gasteiger partial charge in [0.05, 0.1) is 0 Å². The SMILES string of the molecule is C=CCN(CCc1ccccc1)S(=O)(=O)c1ccc(F)cc1F. The van der Waals surface area contributed by atoms with Gasteiger partial charge >= 0.3 is 0 Å². The Morgan fingerprint density at radius 3 is 2.39 bits per heavy atom. The van der Waals surface area contributed by atoms with Gasteiger partial charge in [0.25, 0.3) is 0 Å². The summed E-state index contributed by atoms with van der Waals surface area (Å²) >= 11 is 0. The Hall–Kier alpha value is -2.05. The topological polar surface area (TPSA) is 37.4 Å². The van der Waals surface area contributed by atoms with E-state index in [0.717, 1.165) is 22.0 Å². The third-order valence-electron chi connectivity index (χ3n) is 3.34. The van der Waals surface area contributed by atoms with Crippen molar-refractivity contribution in [1.82, 2.24) is 4.31 Å². The maximum atomic E-state index is 13.8. The minimum Gasteiger partial charge on any atom is -0.207 e. The molecule has 6 heteroatoms. The van der Waals surface area contributed by atoms with E-state index >= 15 is 0 Å². The molecule has 0 aliphatic rings. The molecule has 0 unspecified atom stereocenters. The molecule has 0 saturated carbocycles. The van der Waals surface area contributed by atoms with Crippen molar-refractivity contribution in [1.29, 1.82) is 0 Å². The molecule has 0 aliphatic heterocycles. The largest absolute Gasteiger partial charge is 0.246 e. The molecule has 3 nitrogen and oxygen atoms in total. The van der Waals surface area contributed by atoms with Gasteiger partial charge in [-0.25, -0.2) is 17.2 Å². The van der Waals surface area contributed by atoms with Crippen molar-refractivity contribution >= 4 is 10.0 Å². The maximum absolute atomic E-state index is 13.8. The second-order valence-corrected chi connectivity index (χ2v) is 6.87. The quantitative estimate of drug-likeness (QED) is 0.726. The zero-order valence-corrected chi connectivity index (χ0v) is 13.3. The fourth-order valence-corrected chi connectivity index (χ4v) is 3.63. The molecule has 0 aromatic heterocycles. The first-order chi connectivity index (χ1) is 10.9. The number of halogens is 2. The second-order valence-electron chi connectivity index (χ2n) is 4.96. The van der Waals surface area contributed by atoms with Gasteiger partial charge in [-0.2, -0.15) is 4.31 Å². The summed E-state index contributed by atoms with van der Waals surface area (Å²) < 4.78 is 53.1. The number of nitrogens with zero attached hydrogens (tertiary/aromatic N) is 1. The molecule has 0 atom stereocenters. The van der Waals surface area contributed by atoms with E-state index in [0.29, 0.717) is 12.5 Å². The molecular weight excluding hydrogens is 320 g/mol. The fraction of sp³-hybridized carbons (Fsp3) is 0.176. The van der Waals surface area contributed by atoms with E-state index in [2.05, 4.69) is 6.58 Å². The van der Waals surface area contributed by atoms with Crippen LogP contribution in [0.2, 0.25) is 0 Å². The van der Waals surface area contributed by atoms with Gasteiger partial charge in [0.1, 0.15) is 16.5 Å². The van der Waals surface area contributed by atoms with E-state index in [-0.39, 0.29) is 13.1 Å². The summed E-state index contributed by atoms with van der Waals surface area (Å²) in [7, 11) is -4.06. The molecule has 0 N–H and O–H groups in total. The highest BCUT2D eigenvalue weighted by molar-refractivity contribution is 7.89. The van der Waals surface area contributed by atoms with Crippen molar-refractivity contribution in [3.8, 4) is 0 Å². The summed E-state index contributed by atoms with van der Waals surface area (Å²) in [6.45, 7) is 3.76. The monoisotopic (exact) mass is 337 g/mol. The lowest BCUT2D eigenvalue weighted by Crippen LogP contribution is -2.33. The van der Waals surface area contributed by atoms with E-state index in [1.165, 1.54) is 6.08 Å². The summed E-state index contributed by atoms with van der Waals surface area (Å²) in [6.07, 6.45) is 1.92. The minimum atomic E-state index is -4.06. The zero-order chi connectivity index (χ0) is 16.9. The summed E-state index contributed by atoms with van der Waals surface area (Å²) in [5.74, 6) is -1.92.